The summed E-state index contributed by atoms with van der Waals surface area (Å²) < 4.78 is 0. The summed E-state index contributed by atoms with van der Waals surface area (Å²) in [4.78, 5) is 21.2. The van der Waals surface area contributed by atoms with Crippen LogP contribution >= 0.6 is 0 Å². The summed E-state index contributed by atoms with van der Waals surface area (Å²) in [7, 11) is 0. The maximum absolute atomic E-state index is 11.4. The van der Waals surface area contributed by atoms with Crippen LogP contribution in [0.5, 0.6) is 0 Å². The number of aliphatic carboxylic acids is 1. The van der Waals surface area contributed by atoms with Crippen molar-refractivity contribution < 1.29 is 24.9 Å². The second kappa shape index (κ2) is 8.25. The first-order valence-corrected chi connectivity index (χ1v) is 4.55. The Morgan fingerprint density at radius 2 is 1.94 bits per heavy atom. The minimum Gasteiger partial charge on any atom is -0.845 e. The van der Waals surface area contributed by atoms with Crippen molar-refractivity contribution in [2.45, 2.75) is 26.4 Å². The van der Waals surface area contributed by atoms with Crippen molar-refractivity contribution in [1.82, 2.24) is 5.32 Å². The van der Waals surface area contributed by atoms with Gasteiger partial charge in [0.15, 0.2) is 0 Å². The van der Waals surface area contributed by atoms with E-state index in [2.05, 4.69) is 5.32 Å². The van der Waals surface area contributed by atoms with Crippen LogP contribution in [-0.4, -0.2) is 74.0 Å². The van der Waals surface area contributed by atoms with Gasteiger partial charge in [-0.25, -0.2) is 0 Å². The molecule has 0 aromatic rings. The molecule has 0 saturated carbocycles. The van der Waals surface area contributed by atoms with Crippen LogP contribution in [0.15, 0.2) is 0 Å². The molecule has 0 rings (SSSR count). The van der Waals surface area contributed by atoms with Gasteiger partial charge in [-0.05, 0) is 11.5 Å². The van der Waals surface area contributed by atoms with Gasteiger partial charge in [-0.3, -0.25) is 4.79 Å². The predicted molar refractivity (Wildman–Crippen MR) is 53.0 cm³/mol. The van der Waals surface area contributed by atoms with Crippen molar-refractivity contribution in [2.75, 3.05) is 13.2 Å². The molecule has 88 valence electrons. The Kier molecular flexibility index (Phi) is 9.53. The number of rotatable bonds is 6. The summed E-state index contributed by atoms with van der Waals surface area (Å²) in [6.07, 6.45) is -1.96. The zero-order valence-electron chi connectivity index (χ0n) is 9.49. The van der Waals surface area contributed by atoms with E-state index in [9.17, 15) is 19.8 Å². The third kappa shape index (κ3) is 6.65. The predicted octanol–water partition coefficient (Wildman–Crippen LogP) is -3.39. The van der Waals surface area contributed by atoms with Crippen molar-refractivity contribution in [3.05, 3.63) is 0 Å². The molecule has 7 heteroatoms. The first-order chi connectivity index (χ1) is 6.81. The number of carbonyl (C=O) groups is 2. The standard InChI is InChI=1S/C9H16NO5.Ca/c1-9(2,5-11)7(14)8(15)10-4-3-6(12)13;/h7,11H,3-5H2,1-2H3,(H,10,15)(H,12,13);/q-1;+2/p-1/t7-;/m1./s1. The van der Waals surface area contributed by atoms with Gasteiger partial charge in [0, 0.05) is 25.5 Å². The van der Waals surface area contributed by atoms with Crippen LogP contribution in [0.4, 0.5) is 0 Å². The molecule has 0 spiro atoms. The molecule has 1 amide bonds. The van der Waals surface area contributed by atoms with Crippen molar-refractivity contribution in [3.63, 3.8) is 0 Å². The molecule has 0 bridgehead atoms. The number of hydrogen-bond acceptors (Lipinski definition) is 5. The molecule has 0 aromatic carbocycles. The minimum absolute atomic E-state index is 0. The van der Waals surface area contributed by atoms with Crippen LogP contribution < -0.4 is 15.5 Å². The summed E-state index contributed by atoms with van der Waals surface area (Å²) in [5.74, 6) is -2.10. The van der Waals surface area contributed by atoms with E-state index in [4.69, 9.17) is 5.11 Å². The van der Waals surface area contributed by atoms with Crippen LogP contribution in [0.25, 0.3) is 0 Å². The van der Waals surface area contributed by atoms with E-state index in [1.54, 1.807) is 0 Å². The maximum atomic E-state index is 11.4. The number of amides is 1. The van der Waals surface area contributed by atoms with Crippen LogP contribution in [-0.2, 0) is 9.59 Å². The summed E-state index contributed by atoms with van der Waals surface area (Å²) in [6.45, 7) is 2.38. The smallest absolute Gasteiger partial charge is 0.845 e. The summed E-state index contributed by atoms with van der Waals surface area (Å²) in [6, 6.07) is 0. The molecule has 0 heterocycles. The van der Waals surface area contributed by atoms with Crippen molar-refractivity contribution in [3.8, 4) is 0 Å². The fourth-order valence-electron chi connectivity index (χ4n) is 0.818. The molecule has 0 unspecified atom stereocenters. The normalized spacial score (nSPS) is 12.5. The topological polar surface area (TPSA) is 113 Å². The second-order valence-electron chi connectivity index (χ2n) is 3.94. The van der Waals surface area contributed by atoms with Gasteiger partial charge in [0.05, 0.1) is 0 Å². The van der Waals surface area contributed by atoms with Gasteiger partial charge in [-0.2, -0.15) is 0 Å². The first kappa shape index (κ1) is 18.5. The van der Waals surface area contributed by atoms with Crippen LogP contribution in [0.2, 0.25) is 0 Å². The van der Waals surface area contributed by atoms with Crippen LogP contribution in [0.3, 0.4) is 0 Å². The molecular weight excluding hydrogens is 242 g/mol. The average Bonchev–Trinajstić information content (AvgIpc) is 2.15. The number of aliphatic hydroxyl groups is 1. The van der Waals surface area contributed by atoms with Gasteiger partial charge in [0.1, 0.15) is 0 Å². The fourth-order valence-corrected chi connectivity index (χ4v) is 0.818. The number of nitrogens with one attached hydrogen (secondary N) is 1. The van der Waals surface area contributed by atoms with E-state index in [0.29, 0.717) is 0 Å². The van der Waals surface area contributed by atoms with Gasteiger partial charge in [0.2, 0.25) is 5.91 Å². The summed E-state index contributed by atoms with van der Waals surface area (Å²) in [5, 5.41) is 32.5. The Morgan fingerprint density at radius 3 is 2.31 bits per heavy atom. The van der Waals surface area contributed by atoms with Gasteiger partial charge >= 0.3 is 37.7 Å². The van der Waals surface area contributed by atoms with Crippen molar-refractivity contribution >= 4 is 49.6 Å². The largest absolute Gasteiger partial charge is 2.00 e. The van der Waals surface area contributed by atoms with Crippen molar-refractivity contribution in [2.24, 2.45) is 5.41 Å². The average molecular weight is 257 g/mol. The Bertz CT molecular complexity index is 244. The Morgan fingerprint density at radius 1 is 1.44 bits per heavy atom. The number of aliphatic hydroxyl groups excluding tert-OH is 1. The first-order valence-electron chi connectivity index (χ1n) is 4.55. The summed E-state index contributed by atoms with van der Waals surface area (Å²) in [5.41, 5.74) is -1.06. The molecule has 0 saturated heterocycles. The molecule has 0 aliphatic rings. The second-order valence-corrected chi connectivity index (χ2v) is 3.94. The third-order valence-electron chi connectivity index (χ3n) is 1.98. The number of hydrogen-bond donors (Lipinski definition) is 2. The van der Waals surface area contributed by atoms with Gasteiger partial charge in [0.25, 0.3) is 0 Å². The molecule has 0 aliphatic carbocycles. The van der Waals surface area contributed by atoms with E-state index in [1.165, 1.54) is 13.8 Å². The molecule has 2 N–H and O–H groups in total. The molecule has 0 radical (unpaired) electrons. The molecule has 0 fully saturated rings. The Hall–Kier alpha value is 0.120. The minimum atomic E-state index is -1.62. The van der Waals surface area contributed by atoms with Crippen molar-refractivity contribution in [1.29, 1.82) is 0 Å². The quantitative estimate of drug-likeness (QED) is 0.482. The SMILES string of the molecule is CC(C)(CO)[C@H]([O-])C(=O)NCCC(=O)[O-].[Ca+2]. The Labute approximate surface area is 124 Å². The zero-order chi connectivity index (χ0) is 12.1. The Balaban J connectivity index is 0. The number of carbonyl (C=O) groups excluding carboxylic acids is 2. The van der Waals surface area contributed by atoms with E-state index in [-0.39, 0.29) is 50.7 Å². The molecule has 6 nitrogen and oxygen atoms in total. The molecular formula is C9H15CaNO5. The van der Waals surface area contributed by atoms with Gasteiger partial charge < -0.3 is 25.4 Å². The van der Waals surface area contributed by atoms with Gasteiger partial charge in [-0.1, -0.05) is 13.8 Å². The third-order valence-corrected chi connectivity index (χ3v) is 1.98. The number of carboxylic acid groups (broad SMARTS) is 1. The number of carboxylic acids is 1. The molecule has 0 aromatic heterocycles. The van der Waals surface area contributed by atoms with E-state index < -0.39 is 30.0 Å². The summed E-state index contributed by atoms with van der Waals surface area (Å²) >= 11 is 0. The van der Waals surface area contributed by atoms with Crippen LogP contribution in [0, 0.1) is 5.41 Å². The fraction of sp³-hybridized carbons (Fsp3) is 0.778. The zero-order valence-corrected chi connectivity index (χ0v) is 11.7. The van der Waals surface area contributed by atoms with Gasteiger partial charge in [-0.15, -0.1) is 0 Å². The molecule has 16 heavy (non-hydrogen) atoms. The molecule has 1 atom stereocenters. The monoisotopic (exact) mass is 257 g/mol. The van der Waals surface area contributed by atoms with Crippen LogP contribution in [0.1, 0.15) is 20.3 Å². The maximum Gasteiger partial charge on any atom is 2.00 e. The van der Waals surface area contributed by atoms with E-state index in [0.717, 1.165) is 0 Å². The van der Waals surface area contributed by atoms with E-state index in [1.807, 2.05) is 0 Å². The molecule has 0 aliphatic heterocycles. The van der Waals surface area contributed by atoms with E-state index >= 15 is 0 Å².